The number of para-hydroxylation sites is 2. The molecule has 10 nitrogen and oxygen atoms in total. The largest absolute Gasteiger partial charge is 0.492 e. The van der Waals surface area contributed by atoms with Crippen LogP contribution in [-0.2, 0) is 14.8 Å². The van der Waals surface area contributed by atoms with Gasteiger partial charge in [-0.15, -0.1) is 0 Å². The molecule has 0 fully saturated rings. The lowest BCUT2D eigenvalue weighted by atomic mass is 10.2. The molecule has 1 N–H and O–H groups in total. The highest BCUT2D eigenvalue weighted by molar-refractivity contribution is 7.92. The van der Waals surface area contributed by atoms with Crippen LogP contribution in [0.3, 0.4) is 0 Å². The molecule has 12 heteroatoms. The molecule has 0 aliphatic heterocycles. The summed E-state index contributed by atoms with van der Waals surface area (Å²) in [5, 5.41) is 14.9. The van der Waals surface area contributed by atoms with E-state index < -0.39 is 27.4 Å². The number of nitrogens with one attached hydrogen (secondary N) is 1. The average molecular weight is 517 g/mol. The van der Waals surface area contributed by atoms with Gasteiger partial charge in [-0.2, -0.15) is 5.10 Å². The van der Waals surface area contributed by atoms with Crippen LogP contribution in [0.5, 0.6) is 5.75 Å². The van der Waals surface area contributed by atoms with E-state index in [-0.39, 0.29) is 39.2 Å². The Morgan fingerprint density at radius 2 is 1.83 bits per heavy atom. The Balaban J connectivity index is 1.89. The van der Waals surface area contributed by atoms with E-state index in [2.05, 4.69) is 10.5 Å². The first-order chi connectivity index (χ1) is 16.7. The number of hydrazone groups is 1. The molecule has 1 amide bonds. The molecule has 0 saturated carbocycles. The third-order valence-electron chi connectivity index (χ3n) is 4.64. The Morgan fingerprint density at radius 1 is 1.14 bits per heavy atom. The van der Waals surface area contributed by atoms with Crippen LogP contribution in [0.4, 0.5) is 11.4 Å². The van der Waals surface area contributed by atoms with Crippen LogP contribution in [0.25, 0.3) is 0 Å². The maximum absolute atomic E-state index is 13.4. The Kier molecular flexibility index (Phi) is 8.39. The first kappa shape index (κ1) is 25.7. The van der Waals surface area contributed by atoms with Crippen LogP contribution in [0.1, 0.15) is 12.5 Å². The van der Waals surface area contributed by atoms with E-state index in [1.54, 1.807) is 43.3 Å². The highest BCUT2D eigenvalue weighted by Crippen LogP contribution is 2.32. The number of benzene rings is 3. The molecule has 182 valence electrons. The number of anilines is 1. The average Bonchev–Trinajstić information content (AvgIpc) is 2.84. The van der Waals surface area contributed by atoms with Crippen LogP contribution in [0, 0.1) is 10.1 Å². The third-order valence-corrected chi connectivity index (χ3v) is 6.75. The predicted octanol–water partition coefficient (Wildman–Crippen LogP) is 3.99. The Bertz CT molecular complexity index is 1350. The van der Waals surface area contributed by atoms with E-state index in [9.17, 15) is 23.3 Å². The number of hydrogen-bond acceptors (Lipinski definition) is 7. The summed E-state index contributed by atoms with van der Waals surface area (Å²) in [5.74, 6) is -0.470. The number of sulfonamides is 1. The fourth-order valence-electron chi connectivity index (χ4n) is 3.04. The first-order valence-electron chi connectivity index (χ1n) is 10.3. The number of nitro benzene ring substituents is 1. The van der Waals surface area contributed by atoms with Crippen molar-refractivity contribution in [2.24, 2.45) is 5.10 Å². The number of ether oxygens (including phenoxy) is 1. The van der Waals surface area contributed by atoms with Crippen molar-refractivity contribution in [1.29, 1.82) is 0 Å². The molecule has 35 heavy (non-hydrogen) atoms. The van der Waals surface area contributed by atoms with Gasteiger partial charge in [0.1, 0.15) is 12.3 Å². The predicted molar refractivity (Wildman–Crippen MR) is 132 cm³/mol. The number of halogens is 1. The van der Waals surface area contributed by atoms with Gasteiger partial charge in [0.2, 0.25) is 0 Å². The van der Waals surface area contributed by atoms with Gasteiger partial charge in [-0.05, 0) is 37.3 Å². The second kappa shape index (κ2) is 11.4. The zero-order valence-corrected chi connectivity index (χ0v) is 20.1. The van der Waals surface area contributed by atoms with E-state index in [1.165, 1.54) is 36.4 Å². The van der Waals surface area contributed by atoms with Gasteiger partial charge in [0, 0.05) is 22.7 Å². The smallest absolute Gasteiger partial charge is 0.270 e. The summed E-state index contributed by atoms with van der Waals surface area (Å²) >= 11 is 6.03. The molecule has 3 aromatic carbocycles. The SMILES string of the molecule is CCOc1ccccc1N(CC(=O)N/N=C\c1cc([N+](=O)[O-])ccc1Cl)S(=O)(=O)c1ccccc1. The molecule has 3 aromatic rings. The van der Waals surface area contributed by atoms with Crippen LogP contribution in [-0.4, -0.2) is 38.6 Å². The number of carbonyl (C=O) groups excluding carboxylic acids is 1. The monoisotopic (exact) mass is 516 g/mol. The molecule has 0 heterocycles. The number of rotatable bonds is 10. The van der Waals surface area contributed by atoms with Crippen molar-refractivity contribution in [2.75, 3.05) is 17.5 Å². The normalized spacial score (nSPS) is 11.3. The van der Waals surface area contributed by atoms with Crippen LogP contribution in [0.15, 0.2) is 82.8 Å². The van der Waals surface area contributed by atoms with E-state index >= 15 is 0 Å². The molecule has 3 rings (SSSR count). The summed E-state index contributed by atoms with van der Waals surface area (Å²) in [4.78, 5) is 23.1. The number of carbonyl (C=O) groups is 1. The topological polar surface area (TPSA) is 131 Å². The summed E-state index contributed by atoms with van der Waals surface area (Å²) in [6, 6.07) is 17.9. The molecular formula is C23H21ClN4O6S. The minimum absolute atomic E-state index is 0.00835. The van der Waals surface area contributed by atoms with Crippen molar-refractivity contribution < 1.29 is 22.9 Å². The highest BCUT2D eigenvalue weighted by atomic mass is 35.5. The molecule has 0 spiro atoms. The van der Waals surface area contributed by atoms with Crippen molar-refractivity contribution in [3.05, 3.63) is 93.5 Å². The summed E-state index contributed by atoms with van der Waals surface area (Å²) in [5.41, 5.74) is 2.42. The summed E-state index contributed by atoms with van der Waals surface area (Å²) in [6.07, 6.45) is 1.14. The van der Waals surface area contributed by atoms with Gasteiger partial charge in [0.25, 0.3) is 21.6 Å². The molecule has 0 aromatic heterocycles. The number of nitro groups is 1. The van der Waals surface area contributed by atoms with Crippen LogP contribution >= 0.6 is 11.6 Å². The molecule has 0 unspecified atom stereocenters. The minimum Gasteiger partial charge on any atom is -0.492 e. The zero-order chi connectivity index (χ0) is 25.4. The lowest BCUT2D eigenvalue weighted by Gasteiger charge is -2.25. The maximum atomic E-state index is 13.4. The fourth-order valence-corrected chi connectivity index (χ4v) is 4.66. The molecule has 0 aliphatic rings. The van der Waals surface area contributed by atoms with E-state index in [4.69, 9.17) is 16.3 Å². The summed E-state index contributed by atoms with van der Waals surface area (Å²) < 4.78 is 33.4. The number of nitrogens with zero attached hydrogens (tertiary/aromatic N) is 3. The Hall–Kier alpha value is -3.96. The van der Waals surface area contributed by atoms with Gasteiger partial charge in [-0.1, -0.05) is 41.9 Å². The van der Waals surface area contributed by atoms with Crippen molar-refractivity contribution in [1.82, 2.24) is 5.43 Å². The Labute approximate surface area is 207 Å². The molecule has 0 saturated heterocycles. The van der Waals surface area contributed by atoms with Gasteiger partial charge in [-0.25, -0.2) is 13.8 Å². The van der Waals surface area contributed by atoms with Gasteiger partial charge in [0.05, 0.1) is 28.3 Å². The lowest BCUT2D eigenvalue weighted by molar-refractivity contribution is -0.384. The fraction of sp³-hybridized carbons (Fsp3) is 0.130. The lowest BCUT2D eigenvalue weighted by Crippen LogP contribution is -2.39. The van der Waals surface area contributed by atoms with Gasteiger partial charge in [0.15, 0.2) is 0 Å². The second-order valence-corrected chi connectivity index (χ2v) is 9.25. The van der Waals surface area contributed by atoms with Crippen molar-refractivity contribution in [3.8, 4) is 5.75 Å². The third kappa shape index (κ3) is 6.34. The van der Waals surface area contributed by atoms with Crippen LogP contribution in [0.2, 0.25) is 5.02 Å². The van der Waals surface area contributed by atoms with Gasteiger partial charge < -0.3 is 4.74 Å². The standard InChI is InChI=1S/C23H21ClN4O6S/c1-2-34-22-11-7-6-10-21(22)27(35(32,33)19-8-4-3-5-9-19)16-23(29)26-25-15-17-14-18(28(30)31)12-13-20(17)24/h3-15H,2,16H2,1H3,(H,26,29)/b25-15-. The maximum Gasteiger partial charge on any atom is 0.270 e. The van der Waals surface area contributed by atoms with Crippen molar-refractivity contribution in [3.63, 3.8) is 0 Å². The van der Waals surface area contributed by atoms with E-state index in [1.807, 2.05) is 0 Å². The highest BCUT2D eigenvalue weighted by Gasteiger charge is 2.29. The minimum atomic E-state index is -4.14. The second-order valence-electron chi connectivity index (χ2n) is 6.98. The number of amides is 1. The van der Waals surface area contributed by atoms with Gasteiger partial charge >= 0.3 is 0 Å². The molecule has 0 atom stereocenters. The summed E-state index contributed by atoms with van der Waals surface area (Å²) in [6.45, 7) is 1.44. The summed E-state index contributed by atoms with van der Waals surface area (Å²) in [7, 11) is -4.14. The van der Waals surface area contributed by atoms with Crippen LogP contribution < -0.4 is 14.5 Å². The molecular weight excluding hydrogens is 496 g/mol. The molecule has 0 aliphatic carbocycles. The number of non-ortho nitro benzene ring substituents is 1. The van der Waals surface area contributed by atoms with Crippen molar-refractivity contribution >= 4 is 45.1 Å². The Morgan fingerprint density at radius 3 is 2.51 bits per heavy atom. The van der Waals surface area contributed by atoms with Crippen molar-refractivity contribution in [2.45, 2.75) is 11.8 Å². The van der Waals surface area contributed by atoms with E-state index in [0.29, 0.717) is 0 Å². The molecule has 0 bridgehead atoms. The zero-order valence-electron chi connectivity index (χ0n) is 18.5. The first-order valence-corrected chi connectivity index (χ1v) is 12.1. The van der Waals surface area contributed by atoms with Gasteiger partial charge in [-0.3, -0.25) is 19.2 Å². The quantitative estimate of drug-likeness (QED) is 0.246. The number of hydrogen-bond donors (Lipinski definition) is 1. The molecule has 0 radical (unpaired) electrons. The van der Waals surface area contributed by atoms with E-state index in [0.717, 1.165) is 10.5 Å².